The second-order valence-electron chi connectivity index (χ2n) is 5.90. The van der Waals surface area contributed by atoms with Gasteiger partial charge < -0.3 is 4.74 Å². The van der Waals surface area contributed by atoms with E-state index in [1.165, 1.54) is 12.8 Å². The van der Waals surface area contributed by atoms with E-state index in [2.05, 4.69) is 4.72 Å². The highest BCUT2D eigenvalue weighted by Crippen LogP contribution is 2.25. The molecule has 0 atom stereocenters. The molecule has 4 nitrogen and oxygen atoms in total. The first-order valence-corrected chi connectivity index (χ1v) is 9.57. The van der Waals surface area contributed by atoms with Crippen LogP contribution in [0.2, 0.25) is 0 Å². The third kappa shape index (κ3) is 4.73. The van der Waals surface area contributed by atoms with Crippen molar-refractivity contribution in [2.75, 3.05) is 4.72 Å². The van der Waals surface area contributed by atoms with Crippen molar-refractivity contribution in [2.45, 2.75) is 37.5 Å². The van der Waals surface area contributed by atoms with Gasteiger partial charge in [-0.3, -0.25) is 4.72 Å². The minimum atomic E-state index is -3.41. The molecule has 0 aromatic heterocycles. The van der Waals surface area contributed by atoms with E-state index in [0.717, 1.165) is 24.2 Å². The fourth-order valence-electron chi connectivity index (χ4n) is 2.81. The van der Waals surface area contributed by atoms with Crippen molar-refractivity contribution >= 4 is 15.7 Å². The van der Waals surface area contributed by atoms with Crippen molar-refractivity contribution in [2.24, 2.45) is 0 Å². The second kappa shape index (κ2) is 7.04. The Morgan fingerprint density at radius 1 is 0.957 bits per heavy atom. The first kappa shape index (κ1) is 15.9. The third-order valence-corrected chi connectivity index (χ3v) is 5.19. The second-order valence-corrected chi connectivity index (χ2v) is 7.62. The summed E-state index contributed by atoms with van der Waals surface area (Å²) in [4.78, 5) is 0. The van der Waals surface area contributed by atoms with Gasteiger partial charge in [-0.1, -0.05) is 30.3 Å². The zero-order chi connectivity index (χ0) is 16.1. The topological polar surface area (TPSA) is 55.4 Å². The lowest BCUT2D eigenvalue weighted by Gasteiger charge is -2.14. The summed E-state index contributed by atoms with van der Waals surface area (Å²) in [5.74, 6) is 0.761. The molecule has 2 aromatic rings. The van der Waals surface area contributed by atoms with Gasteiger partial charge in [0.25, 0.3) is 0 Å². The van der Waals surface area contributed by atoms with Gasteiger partial charge in [-0.25, -0.2) is 8.42 Å². The maximum absolute atomic E-state index is 12.2. The van der Waals surface area contributed by atoms with Gasteiger partial charge in [0.2, 0.25) is 10.0 Å². The molecule has 0 radical (unpaired) electrons. The lowest BCUT2D eigenvalue weighted by molar-refractivity contribution is 0.210. The number of anilines is 1. The Morgan fingerprint density at radius 2 is 1.61 bits per heavy atom. The van der Waals surface area contributed by atoms with Crippen LogP contribution in [0.4, 0.5) is 5.69 Å². The van der Waals surface area contributed by atoms with Crippen molar-refractivity contribution in [3.63, 3.8) is 0 Å². The van der Waals surface area contributed by atoms with Gasteiger partial charge in [-0.2, -0.15) is 0 Å². The summed E-state index contributed by atoms with van der Waals surface area (Å²) in [6.45, 7) is 0. The Bertz CT molecular complexity index is 721. The fourth-order valence-corrected chi connectivity index (χ4v) is 4.01. The fraction of sp³-hybridized carbons (Fsp3) is 0.333. The van der Waals surface area contributed by atoms with Gasteiger partial charge in [0, 0.05) is 5.69 Å². The van der Waals surface area contributed by atoms with Crippen LogP contribution in [0.3, 0.4) is 0 Å². The predicted octanol–water partition coefficient (Wildman–Crippen LogP) is 3.95. The first-order chi connectivity index (χ1) is 11.1. The van der Waals surface area contributed by atoms with E-state index >= 15 is 0 Å². The number of hydrogen-bond donors (Lipinski definition) is 1. The highest BCUT2D eigenvalue weighted by atomic mass is 32.2. The molecule has 0 saturated heterocycles. The quantitative estimate of drug-likeness (QED) is 0.872. The van der Waals surface area contributed by atoms with Gasteiger partial charge in [0.15, 0.2) is 0 Å². The third-order valence-electron chi connectivity index (χ3n) is 3.93. The summed E-state index contributed by atoms with van der Waals surface area (Å²) in [6.07, 6.45) is 4.96. The molecule has 0 bridgehead atoms. The van der Waals surface area contributed by atoms with E-state index in [0.29, 0.717) is 11.8 Å². The predicted molar refractivity (Wildman–Crippen MR) is 92.0 cm³/mol. The highest BCUT2D eigenvalue weighted by molar-refractivity contribution is 7.91. The molecule has 1 fully saturated rings. The lowest BCUT2D eigenvalue weighted by atomic mass is 10.2. The van der Waals surface area contributed by atoms with E-state index in [1.807, 2.05) is 30.3 Å². The molecule has 1 saturated carbocycles. The summed E-state index contributed by atoms with van der Waals surface area (Å²) in [5, 5.41) is 0. The van der Waals surface area contributed by atoms with Crippen molar-refractivity contribution in [1.82, 2.24) is 0 Å². The van der Waals surface area contributed by atoms with Crippen molar-refractivity contribution in [1.29, 1.82) is 0 Å². The van der Waals surface area contributed by atoms with Crippen molar-refractivity contribution < 1.29 is 13.2 Å². The first-order valence-electron chi connectivity index (χ1n) is 7.92. The number of rotatable bonds is 6. The molecule has 1 aliphatic carbocycles. The SMILES string of the molecule is O=S(=O)(Cc1ccccc1)Nc1ccc(OC2CCCC2)cc1. The molecule has 0 spiro atoms. The summed E-state index contributed by atoms with van der Waals surface area (Å²) >= 11 is 0. The molecule has 122 valence electrons. The van der Waals surface area contributed by atoms with Crippen LogP contribution in [-0.4, -0.2) is 14.5 Å². The Hall–Kier alpha value is -2.01. The molecular weight excluding hydrogens is 310 g/mol. The minimum absolute atomic E-state index is 0.0336. The van der Waals surface area contributed by atoms with Crippen LogP contribution in [-0.2, 0) is 15.8 Å². The Morgan fingerprint density at radius 3 is 2.26 bits per heavy atom. The van der Waals surface area contributed by atoms with Gasteiger partial charge in [0.1, 0.15) is 5.75 Å². The van der Waals surface area contributed by atoms with Crippen LogP contribution < -0.4 is 9.46 Å². The summed E-state index contributed by atoms with van der Waals surface area (Å²) in [6, 6.07) is 16.3. The van der Waals surface area contributed by atoms with E-state index in [9.17, 15) is 8.42 Å². The Balaban J connectivity index is 1.60. The maximum Gasteiger partial charge on any atom is 0.236 e. The number of hydrogen-bond acceptors (Lipinski definition) is 3. The van der Waals surface area contributed by atoms with Crippen LogP contribution >= 0.6 is 0 Å². The molecule has 2 aromatic carbocycles. The molecule has 0 amide bonds. The standard InChI is InChI=1S/C18H21NO3S/c20-23(21,14-15-6-2-1-3-7-15)19-16-10-12-18(13-11-16)22-17-8-4-5-9-17/h1-3,6-7,10-13,17,19H,4-5,8-9,14H2. The van der Waals surface area contributed by atoms with Gasteiger partial charge in [-0.05, 0) is 55.5 Å². The minimum Gasteiger partial charge on any atom is -0.490 e. The monoisotopic (exact) mass is 331 g/mol. The smallest absolute Gasteiger partial charge is 0.236 e. The lowest BCUT2D eigenvalue weighted by Crippen LogP contribution is -2.15. The molecule has 0 aliphatic heterocycles. The van der Waals surface area contributed by atoms with Crippen LogP contribution in [0.1, 0.15) is 31.2 Å². The molecule has 23 heavy (non-hydrogen) atoms. The van der Waals surface area contributed by atoms with Gasteiger partial charge in [0.05, 0.1) is 11.9 Å². The van der Waals surface area contributed by atoms with Crippen LogP contribution in [0.25, 0.3) is 0 Å². The number of ether oxygens (including phenoxy) is 1. The molecular formula is C18H21NO3S. The number of nitrogens with one attached hydrogen (secondary N) is 1. The zero-order valence-corrected chi connectivity index (χ0v) is 13.8. The number of sulfonamides is 1. The molecule has 0 unspecified atom stereocenters. The van der Waals surface area contributed by atoms with Crippen LogP contribution in [0, 0.1) is 0 Å². The summed E-state index contributed by atoms with van der Waals surface area (Å²) < 4.78 is 32.9. The van der Waals surface area contributed by atoms with Crippen molar-refractivity contribution in [3.8, 4) is 5.75 Å². The molecule has 1 aliphatic rings. The van der Waals surface area contributed by atoms with E-state index in [1.54, 1.807) is 24.3 Å². The molecule has 1 N–H and O–H groups in total. The van der Waals surface area contributed by atoms with Gasteiger partial charge in [-0.15, -0.1) is 0 Å². The average Bonchev–Trinajstić information content (AvgIpc) is 3.02. The summed E-state index contributed by atoms with van der Waals surface area (Å²) in [7, 11) is -3.41. The van der Waals surface area contributed by atoms with Crippen molar-refractivity contribution in [3.05, 3.63) is 60.2 Å². The summed E-state index contributed by atoms with van der Waals surface area (Å²) in [5.41, 5.74) is 1.32. The Labute approximate surface area is 137 Å². The Kier molecular flexibility index (Phi) is 4.86. The zero-order valence-electron chi connectivity index (χ0n) is 12.9. The maximum atomic E-state index is 12.2. The van der Waals surface area contributed by atoms with E-state index < -0.39 is 10.0 Å². The normalized spacial score (nSPS) is 15.5. The average molecular weight is 331 g/mol. The molecule has 5 heteroatoms. The number of benzene rings is 2. The molecule has 3 rings (SSSR count). The van der Waals surface area contributed by atoms with E-state index in [-0.39, 0.29) is 5.75 Å². The molecule has 0 heterocycles. The van der Waals surface area contributed by atoms with Crippen LogP contribution in [0.15, 0.2) is 54.6 Å². The largest absolute Gasteiger partial charge is 0.490 e. The highest BCUT2D eigenvalue weighted by Gasteiger charge is 2.16. The van der Waals surface area contributed by atoms with Crippen LogP contribution in [0.5, 0.6) is 5.75 Å². The van der Waals surface area contributed by atoms with E-state index in [4.69, 9.17) is 4.74 Å². The van der Waals surface area contributed by atoms with Gasteiger partial charge >= 0.3 is 0 Å².